The minimum absolute atomic E-state index is 0.0846. The summed E-state index contributed by atoms with van der Waals surface area (Å²) in [4.78, 5) is 10.5. The highest BCUT2D eigenvalue weighted by atomic mass is 16.7. The van der Waals surface area contributed by atoms with Gasteiger partial charge in [-0.05, 0) is 12.1 Å². The second kappa shape index (κ2) is 7.48. The van der Waals surface area contributed by atoms with E-state index in [1.54, 1.807) is 18.2 Å². The molecular formula is C11H15NO5. The summed E-state index contributed by atoms with van der Waals surface area (Å²) in [6, 6.07) is 5.14. The summed E-state index contributed by atoms with van der Waals surface area (Å²) in [6.45, 7) is 0.169. The molecule has 0 fully saturated rings. The molecule has 0 saturated heterocycles. The maximum absolute atomic E-state index is 10.5. The number of nitrogens with one attached hydrogen (secondary N) is 1. The molecular weight excluding hydrogens is 226 g/mol. The number of hydrogen-bond acceptors (Lipinski definition) is 5. The maximum Gasteiger partial charge on any atom is 0.211 e. The van der Waals surface area contributed by atoms with Gasteiger partial charge in [0.15, 0.2) is 13.6 Å². The lowest BCUT2D eigenvalue weighted by atomic mass is 10.2. The van der Waals surface area contributed by atoms with Crippen LogP contribution in [0.1, 0.15) is 0 Å². The molecule has 0 atom stereocenters. The zero-order valence-corrected chi connectivity index (χ0v) is 9.76. The topological polar surface area (TPSA) is 66.0 Å². The molecule has 0 bridgehead atoms. The monoisotopic (exact) mass is 241 g/mol. The number of anilines is 1. The van der Waals surface area contributed by atoms with Crippen LogP contribution in [-0.4, -0.2) is 34.2 Å². The molecule has 94 valence electrons. The molecule has 1 aromatic rings. The Kier molecular flexibility index (Phi) is 5.84. The van der Waals surface area contributed by atoms with E-state index in [0.29, 0.717) is 23.6 Å². The molecule has 0 aromatic heterocycles. The van der Waals surface area contributed by atoms with Crippen LogP contribution in [0.3, 0.4) is 0 Å². The van der Waals surface area contributed by atoms with E-state index in [1.807, 2.05) is 0 Å². The lowest BCUT2D eigenvalue weighted by molar-refractivity contribution is -0.105. The van der Waals surface area contributed by atoms with Crippen LogP contribution in [0.4, 0.5) is 5.69 Å². The second-order valence-electron chi connectivity index (χ2n) is 2.99. The van der Waals surface area contributed by atoms with Gasteiger partial charge in [0.25, 0.3) is 0 Å². The first-order valence-corrected chi connectivity index (χ1v) is 4.90. The number of rotatable bonds is 8. The molecule has 6 heteroatoms. The number of ether oxygens (including phenoxy) is 4. The molecule has 6 nitrogen and oxygen atoms in total. The first kappa shape index (κ1) is 13.3. The third-order valence-corrected chi connectivity index (χ3v) is 1.86. The van der Waals surface area contributed by atoms with Crippen molar-refractivity contribution in [3.8, 4) is 11.5 Å². The van der Waals surface area contributed by atoms with E-state index in [0.717, 1.165) is 0 Å². The minimum atomic E-state index is 0.0846. The smallest absolute Gasteiger partial charge is 0.211 e. The van der Waals surface area contributed by atoms with Gasteiger partial charge >= 0.3 is 0 Å². The van der Waals surface area contributed by atoms with Crippen LogP contribution in [-0.2, 0) is 14.3 Å². The Morgan fingerprint density at radius 2 is 1.65 bits per heavy atom. The first-order valence-electron chi connectivity index (χ1n) is 4.90. The van der Waals surface area contributed by atoms with Crippen molar-refractivity contribution in [1.82, 2.24) is 0 Å². The molecule has 0 aliphatic carbocycles. The van der Waals surface area contributed by atoms with Crippen molar-refractivity contribution < 1.29 is 23.7 Å². The summed E-state index contributed by atoms with van der Waals surface area (Å²) in [5.41, 5.74) is 0.441. The third-order valence-electron chi connectivity index (χ3n) is 1.86. The third kappa shape index (κ3) is 3.93. The predicted molar refractivity (Wildman–Crippen MR) is 61.1 cm³/mol. The van der Waals surface area contributed by atoms with E-state index in [-0.39, 0.29) is 13.6 Å². The molecule has 0 radical (unpaired) electrons. The van der Waals surface area contributed by atoms with Crippen molar-refractivity contribution in [2.45, 2.75) is 0 Å². The molecule has 0 unspecified atom stereocenters. The fraction of sp³-hybridized carbons (Fsp3) is 0.364. The average molecular weight is 241 g/mol. The molecule has 0 spiro atoms. The zero-order chi connectivity index (χ0) is 12.5. The van der Waals surface area contributed by atoms with Crippen molar-refractivity contribution in [3.63, 3.8) is 0 Å². The van der Waals surface area contributed by atoms with Gasteiger partial charge in [0.1, 0.15) is 17.2 Å². The number of amides is 1. The van der Waals surface area contributed by atoms with E-state index in [9.17, 15) is 4.79 Å². The van der Waals surface area contributed by atoms with Crippen LogP contribution in [0.15, 0.2) is 18.2 Å². The highest BCUT2D eigenvalue weighted by molar-refractivity contribution is 5.80. The predicted octanol–water partition coefficient (Wildman–Crippen LogP) is 1.22. The SMILES string of the molecule is COCOc1cccc(OCOC)c1NC=O. The number of carbonyl (C=O) groups excluding carboxylic acids is 1. The van der Waals surface area contributed by atoms with Gasteiger partial charge in [-0.15, -0.1) is 0 Å². The maximum atomic E-state index is 10.5. The molecule has 0 aliphatic rings. The number of carbonyl (C=O) groups is 1. The molecule has 1 rings (SSSR count). The Morgan fingerprint density at radius 3 is 2.06 bits per heavy atom. The van der Waals surface area contributed by atoms with Gasteiger partial charge in [-0.1, -0.05) is 6.07 Å². The number of para-hydroxylation sites is 1. The van der Waals surface area contributed by atoms with Crippen molar-refractivity contribution in [2.24, 2.45) is 0 Å². The van der Waals surface area contributed by atoms with Crippen LogP contribution in [0.25, 0.3) is 0 Å². The van der Waals surface area contributed by atoms with Gasteiger partial charge in [-0.2, -0.15) is 0 Å². The van der Waals surface area contributed by atoms with Gasteiger partial charge in [-0.25, -0.2) is 0 Å². The lowest BCUT2D eigenvalue weighted by Crippen LogP contribution is -2.07. The average Bonchev–Trinajstić information content (AvgIpc) is 2.36. The van der Waals surface area contributed by atoms with Crippen molar-refractivity contribution in [1.29, 1.82) is 0 Å². The van der Waals surface area contributed by atoms with E-state index in [1.165, 1.54) is 14.2 Å². The van der Waals surface area contributed by atoms with Gasteiger partial charge in [0, 0.05) is 14.2 Å². The Bertz CT molecular complexity index is 329. The molecule has 0 aliphatic heterocycles. The number of benzene rings is 1. The van der Waals surface area contributed by atoms with E-state index in [4.69, 9.17) is 18.9 Å². The van der Waals surface area contributed by atoms with Gasteiger partial charge in [-0.3, -0.25) is 4.79 Å². The van der Waals surface area contributed by atoms with Crippen LogP contribution in [0.5, 0.6) is 11.5 Å². The summed E-state index contributed by atoms with van der Waals surface area (Å²) in [5, 5.41) is 2.52. The molecule has 0 heterocycles. The largest absolute Gasteiger partial charge is 0.465 e. The van der Waals surface area contributed by atoms with E-state index < -0.39 is 0 Å². The fourth-order valence-corrected chi connectivity index (χ4v) is 1.20. The standard InChI is InChI=1S/C11H15NO5/c1-14-7-16-9-4-3-5-10(17-8-15-2)11(9)12-6-13/h3-6H,7-8H2,1-2H3,(H,12,13). The number of hydrogen-bond donors (Lipinski definition) is 1. The summed E-state index contributed by atoms with van der Waals surface area (Å²) in [6.07, 6.45) is 0.550. The normalized spacial score (nSPS) is 9.76. The molecule has 1 aromatic carbocycles. The van der Waals surface area contributed by atoms with E-state index >= 15 is 0 Å². The first-order chi connectivity index (χ1) is 8.33. The molecule has 1 N–H and O–H groups in total. The van der Waals surface area contributed by atoms with Crippen LogP contribution in [0, 0.1) is 0 Å². The number of methoxy groups -OCH3 is 2. The van der Waals surface area contributed by atoms with Gasteiger partial charge in [0.05, 0.1) is 0 Å². The summed E-state index contributed by atoms with van der Waals surface area (Å²) in [5.74, 6) is 0.931. The summed E-state index contributed by atoms with van der Waals surface area (Å²) < 4.78 is 20.2. The van der Waals surface area contributed by atoms with Crippen LogP contribution >= 0.6 is 0 Å². The molecule has 17 heavy (non-hydrogen) atoms. The van der Waals surface area contributed by atoms with Crippen molar-refractivity contribution in [2.75, 3.05) is 33.1 Å². The lowest BCUT2D eigenvalue weighted by Gasteiger charge is -2.14. The quantitative estimate of drug-likeness (QED) is 0.547. The summed E-state index contributed by atoms with van der Waals surface area (Å²) in [7, 11) is 3.02. The zero-order valence-electron chi connectivity index (χ0n) is 9.76. The molecule has 0 saturated carbocycles. The highest BCUT2D eigenvalue weighted by Crippen LogP contribution is 2.34. The second-order valence-corrected chi connectivity index (χ2v) is 2.99. The highest BCUT2D eigenvalue weighted by Gasteiger charge is 2.10. The van der Waals surface area contributed by atoms with Gasteiger partial charge in [0.2, 0.25) is 6.41 Å². The van der Waals surface area contributed by atoms with Crippen molar-refractivity contribution >= 4 is 12.1 Å². The Hall–Kier alpha value is -1.79. The summed E-state index contributed by atoms with van der Waals surface area (Å²) >= 11 is 0. The minimum Gasteiger partial charge on any atom is -0.465 e. The Balaban J connectivity index is 2.90. The Morgan fingerprint density at radius 1 is 1.12 bits per heavy atom. The fourth-order valence-electron chi connectivity index (χ4n) is 1.20. The van der Waals surface area contributed by atoms with Gasteiger partial charge < -0.3 is 24.3 Å². The Labute approximate surface area is 99.4 Å². The van der Waals surface area contributed by atoms with Crippen LogP contribution in [0.2, 0.25) is 0 Å². The van der Waals surface area contributed by atoms with Crippen molar-refractivity contribution in [3.05, 3.63) is 18.2 Å². The molecule has 1 amide bonds. The van der Waals surface area contributed by atoms with Crippen LogP contribution < -0.4 is 14.8 Å². The van der Waals surface area contributed by atoms with E-state index in [2.05, 4.69) is 5.32 Å².